The molecular weight excluding hydrogens is 188 g/mol. The maximum absolute atomic E-state index is 6.03. The van der Waals surface area contributed by atoms with Crippen molar-refractivity contribution in [1.82, 2.24) is 4.90 Å². The van der Waals surface area contributed by atoms with Crippen molar-refractivity contribution >= 4 is 0 Å². The number of hydrogen-bond donors (Lipinski definition) is 1. The number of nitrogens with two attached hydrogens (primary N) is 1. The lowest BCUT2D eigenvalue weighted by atomic mass is 9.93. The van der Waals surface area contributed by atoms with Crippen LogP contribution in [0.2, 0.25) is 0 Å². The minimum atomic E-state index is 0.299. The summed E-state index contributed by atoms with van der Waals surface area (Å²) in [5, 5.41) is 0. The Morgan fingerprint density at radius 1 is 1.40 bits per heavy atom. The molecule has 2 N–H and O–H groups in total. The van der Waals surface area contributed by atoms with E-state index in [0.29, 0.717) is 5.54 Å². The summed E-state index contributed by atoms with van der Waals surface area (Å²) in [4.78, 5) is 2.60. The predicted molar refractivity (Wildman–Crippen MR) is 61.8 cm³/mol. The second-order valence-corrected chi connectivity index (χ2v) is 5.23. The number of rotatable bonds is 2. The molecule has 2 aliphatic rings. The number of ether oxygens (including phenoxy) is 1. The molecule has 0 radical (unpaired) electrons. The first-order chi connectivity index (χ1) is 7.27. The molecule has 0 bridgehead atoms. The van der Waals surface area contributed by atoms with Crippen molar-refractivity contribution in [3.63, 3.8) is 0 Å². The van der Waals surface area contributed by atoms with Crippen molar-refractivity contribution in [3.8, 4) is 0 Å². The Balaban J connectivity index is 2.03. The van der Waals surface area contributed by atoms with E-state index in [1.165, 1.54) is 25.8 Å². The molecule has 1 heterocycles. The van der Waals surface area contributed by atoms with Gasteiger partial charge >= 0.3 is 0 Å². The molecule has 2 fully saturated rings. The van der Waals surface area contributed by atoms with Gasteiger partial charge in [-0.15, -0.1) is 0 Å². The Hall–Kier alpha value is -0.120. The lowest BCUT2D eigenvalue weighted by Gasteiger charge is -2.40. The van der Waals surface area contributed by atoms with Crippen LogP contribution in [-0.2, 0) is 4.74 Å². The minimum Gasteiger partial charge on any atom is -0.380 e. The van der Waals surface area contributed by atoms with Crippen LogP contribution in [0.4, 0.5) is 0 Å². The summed E-state index contributed by atoms with van der Waals surface area (Å²) in [6.45, 7) is 7.22. The van der Waals surface area contributed by atoms with Crippen molar-refractivity contribution in [2.24, 2.45) is 11.7 Å². The van der Waals surface area contributed by atoms with Crippen molar-refractivity contribution < 1.29 is 4.74 Å². The van der Waals surface area contributed by atoms with Gasteiger partial charge in [-0.2, -0.15) is 0 Å². The highest BCUT2D eigenvalue weighted by Crippen LogP contribution is 2.38. The molecule has 1 aliphatic carbocycles. The summed E-state index contributed by atoms with van der Waals surface area (Å²) in [6.07, 6.45) is 5.07. The van der Waals surface area contributed by atoms with Crippen LogP contribution < -0.4 is 5.73 Å². The maximum atomic E-state index is 6.03. The summed E-state index contributed by atoms with van der Waals surface area (Å²) in [5.74, 6) is 0.845. The topological polar surface area (TPSA) is 38.5 Å². The quantitative estimate of drug-likeness (QED) is 0.748. The van der Waals surface area contributed by atoms with Gasteiger partial charge in [0.15, 0.2) is 0 Å². The first kappa shape index (κ1) is 11.4. The Morgan fingerprint density at radius 2 is 2.27 bits per heavy atom. The number of hydrogen-bond acceptors (Lipinski definition) is 3. The third kappa shape index (κ3) is 2.35. The summed E-state index contributed by atoms with van der Waals surface area (Å²) < 4.78 is 5.52. The monoisotopic (exact) mass is 212 g/mol. The molecule has 1 aliphatic heterocycles. The average molecular weight is 212 g/mol. The first-order valence-electron chi connectivity index (χ1n) is 6.30. The summed E-state index contributed by atoms with van der Waals surface area (Å²) in [7, 11) is 0. The minimum absolute atomic E-state index is 0.299. The molecule has 0 aromatic carbocycles. The fourth-order valence-corrected chi connectivity index (χ4v) is 3.19. The van der Waals surface area contributed by atoms with E-state index in [1.54, 1.807) is 0 Å². The molecule has 0 aromatic rings. The predicted octanol–water partition coefficient (Wildman–Crippen LogP) is 1.23. The Labute approximate surface area is 93.0 Å². The van der Waals surface area contributed by atoms with Crippen LogP contribution in [0, 0.1) is 5.92 Å². The lowest BCUT2D eigenvalue weighted by molar-refractivity contribution is 0.0837. The van der Waals surface area contributed by atoms with Crippen LogP contribution >= 0.6 is 0 Å². The Kier molecular flexibility index (Phi) is 3.65. The van der Waals surface area contributed by atoms with Gasteiger partial charge in [0.05, 0.1) is 6.61 Å². The Bertz CT molecular complexity index is 202. The summed E-state index contributed by atoms with van der Waals surface area (Å²) in [6, 6.07) is 0. The molecule has 1 saturated heterocycles. The zero-order valence-corrected chi connectivity index (χ0v) is 9.87. The van der Waals surface area contributed by atoms with Gasteiger partial charge in [-0.05, 0) is 31.6 Å². The lowest BCUT2D eigenvalue weighted by Crippen LogP contribution is -2.53. The van der Waals surface area contributed by atoms with Gasteiger partial charge in [-0.25, -0.2) is 0 Å². The van der Waals surface area contributed by atoms with Crippen LogP contribution in [0.1, 0.15) is 32.6 Å². The standard InChI is InChI=1S/C12H24N2O/c1-11-3-4-12(9-11,10-13)14-5-2-7-15-8-6-14/h11H,2-10,13H2,1H3. The Morgan fingerprint density at radius 3 is 2.93 bits per heavy atom. The molecular formula is C12H24N2O. The smallest absolute Gasteiger partial charge is 0.0593 e. The molecule has 2 rings (SSSR count). The van der Waals surface area contributed by atoms with Crippen LogP contribution in [-0.4, -0.2) is 43.3 Å². The van der Waals surface area contributed by atoms with E-state index in [0.717, 1.165) is 38.6 Å². The van der Waals surface area contributed by atoms with Crippen LogP contribution in [0.25, 0.3) is 0 Å². The van der Waals surface area contributed by atoms with E-state index in [1.807, 2.05) is 0 Å². The molecule has 0 amide bonds. The van der Waals surface area contributed by atoms with E-state index in [9.17, 15) is 0 Å². The van der Waals surface area contributed by atoms with E-state index in [4.69, 9.17) is 10.5 Å². The van der Waals surface area contributed by atoms with Crippen LogP contribution in [0.5, 0.6) is 0 Å². The van der Waals surface area contributed by atoms with Crippen LogP contribution in [0.15, 0.2) is 0 Å². The highest BCUT2D eigenvalue weighted by molar-refractivity contribution is 4.98. The highest BCUT2D eigenvalue weighted by atomic mass is 16.5. The fraction of sp³-hybridized carbons (Fsp3) is 1.00. The van der Waals surface area contributed by atoms with Crippen molar-refractivity contribution in [3.05, 3.63) is 0 Å². The molecule has 1 saturated carbocycles. The molecule has 88 valence electrons. The first-order valence-corrected chi connectivity index (χ1v) is 6.30. The van der Waals surface area contributed by atoms with Gasteiger partial charge in [0.2, 0.25) is 0 Å². The van der Waals surface area contributed by atoms with Gasteiger partial charge in [0.25, 0.3) is 0 Å². The van der Waals surface area contributed by atoms with E-state index in [-0.39, 0.29) is 0 Å². The van der Waals surface area contributed by atoms with Crippen molar-refractivity contribution in [1.29, 1.82) is 0 Å². The molecule has 15 heavy (non-hydrogen) atoms. The summed E-state index contributed by atoms with van der Waals surface area (Å²) >= 11 is 0. The molecule has 0 spiro atoms. The molecule has 0 aromatic heterocycles. The van der Waals surface area contributed by atoms with Gasteiger partial charge < -0.3 is 10.5 Å². The second-order valence-electron chi connectivity index (χ2n) is 5.23. The van der Waals surface area contributed by atoms with Crippen molar-refractivity contribution in [2.75, 3.05) is 32.8 Å². The van der Waals surface area contributed by atoms with E-state index in [2.05, 4.69) is 11.8 Å². The zero-order valence-electron chi connectivity index (χ0n) is 9.87. The fourth-order valence-electron chi connectivity index (χ4n) is 3.19. The second kappa shape index (κ2) is 4.81. The third-order valence-electron chi connectivity index (χ3n) is 4.10. The van der Waals surface area contributed by atoms with Crippen LogP contribution in [0.3, 0.4) is 0 Å². The average Bonchev–Trinajstić information content (AvgIpc) is 2.49. The highest BCUT2D eigenvalue weighted by Gasteiger charge is 2.41. The molecule has 3 nitrogen and oxygen atoms in total. The van der Waals surface area contributed by atoms with Crippen molar-refractivity contribution in [2.45, 2.75) is 38.1 Å². The molecule has 2 atom stereocenters. The van der Waals surface area contributed by atoms with Gasteiger partial charge in [0.1, 0.15) is 0 Å². The van der Waals surface area contributed by atoms with E-state index < -0.39 is 0 Å². The molecule has 3 heteroatoms. The van der Waals surface area contributed by atoms with E-state index >= 15 is 0 Å². The maximum Gasteiger partial charge on any atom is 0.0593 e. The van der Waals surface area contributed by atoms with Gasteiger partial charge in [0, 0.05) is 31.8 Å². The van der Waals surface area contributed by atoms with Gasteiger partial charge in [-0.1, -0.05) is 6.92 Å². The zero-order chi connectivity index (χ0) is 10.7. The third-order valence-corrected chi connectivity index (χ3v) is 4.10. The molecule has 2 unspecified atom stereocenters. The largest absolute Gasteiger partial charge is 0.380 e. The van der Waals surface area contributed by atoms with Gasteiger partial charge in [-0.3, -0.25) is 4.90 Å². The normalized spacial score (nSPS) is 39.2. The SMILES string of the molecule is CC1CCC(CN)(N2CCCOCC2)C1. The summed E-state index contributed by atoms with van der Waals surface area (Å²) in [5.41, 5.74) is 6.33. The number of nitrogens with zero attached hydrogens (tertiary/aromatic N) is 1.